The summed E-state index contributed by atoms with van der Waals surface area (Å²) in [5.41, 5.74) is 3.61. The van der Waals surface area contributed by atoms with Crippen molar-refractivity contribution >= 4 is 34.7 Å². The molecule has 0 aliphatic carbocycles. The second kappa shape index (κ2) is 15.3. The number of hydrogen-bond acceptors (Lipinski definition) is 11. The second-order valence-electron chi connectivity index (χ2n) is 15.3. The summed E-state index contributed by atoms with van der Waals surface area (Å²) in [5, 5.41) is 16.8. The van der Waals surface area contributed by atoms with Crippen molar-refractivity contribution in [1.82, 2.24) is 29.9 Å². The minimum absolute atomic E-state index is 0.0449. The summed E-state index contributed by atoms with van der Waals surface area (Å²) < 4.78 is 24.0. The zero-order valence-corrected chi connectivity index (χ0v) is 31.2. The Kier molecular flexibility index (Phi) is 10.8. The summed E-state index contributed by atoms with van der Waals surface area (Å²) in [7, 11) is 1.57. The van der Waals surface area contributed by atoms with Gasteiger partial charge in [-0.2, -0.15) is 5.10 Å². The second-order valence-corrected chi connectivity index (χ2v) is 15.3. The van der Waals surface area contributed by atoms with Crippen molar-refractivity contribution < 1.29 is 28.5 Å². The molecule has 0 saturated carbocycles. The predicted octanol–water partition coefficient (Wildman–Crippen LogP) is 7.17. The van der Waals surface area contributed by atoms with E-state index in [2.05, 4.69) is 32.5 Å². The number of anilines is 2. The first kappa shape index (κ1) is 36.8. The van der Waals surface area contributed by atoms with Crippen LogP contribution in [0, 0.1) is 0 Å². The molecule has 1 aromatic carbocycles. The molecule has 14 heteroatoms. The SMILES string of the molecule is COCOc1ccccc1-c1cc2c(nn1)c(NC(=O)OC(C)(C)C)nn2C1CCN(c2ccnc(C3CCN(C(=O)OC(C)(C)C)CC3)c2)CC1. The van der Waals surface area contributed by atoms with E-state index in [1.165, 1.54) is 0 Å². The summed E-state index contributed by atoms with van der Waals surface area (Å²) >= 11 is 0. The first-order valence-corrected chi connectivity index (χ1v) is 17.9. The first-order valence-electron chi connectivity index (χ1n) is 17.9. The number of hydrogen-bond donors (Lipinski definition) is 1. The van der Waals surface area contributed by atoms with Crippen molar-refractivity contribution in [2.75, 3.05) is 50.3 Å². The topological polar surface area (TPSA) is 146 Å². The number of amides is 2. The van der Waals surface area contributed by atoms with Gasteiger partial charge in [-0.05, 0) is 97.6 Å². The summed E-state index contributed by atoms with van der Waals surface area (Å²) in [4.78, 5) is 34.3. The highest BCUT2D eigenvalue weighted by Crippen LogP contribution is 2.36. The molecule has 2 fully saturated rings. The van der Waals surface area contributed by atoms with Gasteiger partial charge in [0, 0.05) is 62.3 Å². The molecule has 6 rings (SSSR count). The number of carbonyl (C=O) groups is 2. The third-order valence-corrected chi connectivity index (χ3v) is 9.07. The van der Waals surface area contributed by atoms with Gasteiger partial charge in [-0.15, -0.1) is 10.2 Å². The fourth-order valence-corrected chi connectivity index (χ4v) is 6.66. The molecule has 3 aromatic heterocycles. The predicted molar refractivity (Wildman–Crippen MR) is 198 cm³/mol. The Bertz CT molecular complexity index is 1870. The Morgan fingerprint density at radius 1 is 0.885 bits per heavy atom. The number of nitrogens with zero attached hydrogens (tertiary/aromatic N) is 7. The van der Waals surface area contributed by atoms with Crippen molar-refractivity contribution in [3.8, 4) is 17.0 Å². The Hall–Kier alpha value is -4.98. The van der Waals surface area contributed by atoms with Gasteiger partial charge >= 0.3 is 12.2 Å². The molecule has 5 heterocycles. The van der Waals surface area contributed by atoms with E-state index in [9.17, 15) is 9.59 Å². The van der Waals surface area contributed by atoms with Gasteiger partial charge in [0.1, 0.15) is 17.0 Å². The van der Waals surface area contributed by atoms with E-state index in [1.54, 1.807) is 12.0 Å². The van der Waals surface area contributed by atoms with E-state index in [1.807, 2.05) is 82.8 Å². The molecule has 2 amide bonds. The number of methoxy groups -OCH3 is 1. The van der Waals surface area contributed by atoms with Crippen LogP contribution in [0.15, 0.2) is 48.7 Å². The van der Waals surface area contributed by atoms with Crippen molar-refractivity contribution in [2.45, 2.75) is 90.4 Å². The number of piperidine rings is 2. The van der Waals surface area contributed by atoms with Gasteiger partial charge < -0.3 is 28.7 Å². The van der Waals surface area contributed by atoms with E-state index < -0.39 is 17.3 Å². The number of aromatic nitrogens is 5. The molecule has 1 N–H and O–H groups in total. The molecule has 2 aliphatic rings. The Balaban J connectivity index is 1.19. The number of likely N-dealkylation sites (tertiary alicyclic amines) is 1. The van der Waals surface area contributed by atoms with Crippen molar-refractivity contribution in [2.24, 2.45) is 0 Å². The third kappa shape index (κ3) is 8.90. The van der Waals surface area contributed by atoms with Gasteiger partial charge in [-0.1, -0.05) is 12.1 Å². The first-order chi connectivity index (χ1) is 24.8. The lowest BCUT2D eigenvalue weighted by atomic mass is 9.93. The number of para-hydroxylation sites is 1. The minimum Gasteiger partial charge on any atom is -0.467 e. The molecule has 52 heavy (non-hydrogen) atoms. The van der Waals surface area contributed by atoms with Crippen LogP contribution in [0.4, 0.5) is 21.1 Å². The van der Waals surface area contributed by atoms with E-state index in [0.717, 1.165) is 61.2 Å². The molecular formula is C38H50N8O6. The molecule has 0 atom stereocenters. The highest BCUT2D eigenvalue weighted by atomic mass is 16.7. The summed E-state index contributed by atoms with van der Waals surface area (Å²) in [6, 6.07) is 13.8. The summed E-state index contributed by atoms with van der Waals surface area (Å²) in [6.07, 6.45) is 4.36. The molecule has 14 nitrogen and oxygen atoms in total. The fourth-order valence-electron chi connectivity index (χ4n) is 6.66. The quantitative estimate of drug-likeness (QED) is 0.185. The van der Waals surface area contributed by atoms with Crippen LogP contribution in [0.25, 0.3) is 22.3 Å². The molecule has 2 saturated heterocycles. The Morgan fingerprint density at radius 3 is 2.29 bits per heavy atom. The van der Waals surface area contributed by atoms with Crippen LogP contribution in [-0.4, -0.2) is 93.3 Å². The monoisotopic (exact) mass is 714 g/mol. The molecule has 0 spiro atoms. The van der Waals surface area contributed by atoms with Crippen LogP contribution in [-0.2, 0) is 14.2 Å². The van der Waals surface area contributed by atoms with Gasteiger partial charge in [-0.3, -0.25) is 15.0 Å². The van der Waals surface area contributed by atoms with Crippen LogP contribution in [0.1, 0.15) is 84.9 Å². The van der Waals surface area contributed by atoms with Crippen molar-refractivity contribution in [1.29, 1.82) is 0 Å². The summed E-state index contributed by atoms with van der Waals surface area (Å²) in [6.45, 7) is 14.1. The number of nitrogens with one attached hydrogen (secondary N) is 1. The van der Waals surface area contributed by atoms with Gasteiger partial charge in [0.2, 0.25) is 0 Å². The van der Waals surface area contributed by atoms with Gasteiger partial charge in [0.15, 0.2) is 18.1 Å². The lowest BCUT2D eigenvalue weighted by Crippen LogP contribution is -2.41. The molecule has 4 aromatic rings. The zero-order valence-electron chi connectivity index (χ0n) is 31.2. The largest absolute Gasteiger partial charge is 0.467 e. The van der Waals surface area contributed by atoms with E-state index >= 15 is 0 Å². The lowest BCUT2D eigenvalue weighted by Gasteiger charge is -2.35. The fraction of sp³-hybridized carbons (Fsp3) is 0.526. The minimum atomic E-state index is -0.676. The molecule has 2 aliphatic heterocycles. The van der Waals surface area contributed by atoms with E-state index in [0.29, 0.717) is 35.9 Å². The third-order valence-electron chi connectivity index (χ3n) is 9.07. The molecule has 278 valence electrons. The molecule has 0 bridgehead atoms. The standard InChI is InChI=1S/C38H50N8O6/c1-37(2,3)51-35(47)40-34-33-31(23-30(41-42-33)28-10-8-9-11-32(28)50-24-49-7)46(43-34)26-15-20-44(21-16-26)27-12-17-39-29(22-27)25-13-18-45(19-14-25)36(48)52-38(4,5)6/h8-12,17,22-23,25-26H,13-16,18-21,24H2,1-7H3,(H,40,43,47). The zero-order chi connectivity index (χ0) is 37.0. The van der Waals surface area contributed by atoms with Crippen LogP contribution in [0.5, 0.6) is 5.75 Å². The summed E-state index contributed by atoms with van der Waals surface area (Å²) in [5.74, 6) is 1.20. The van der Waals surface area contributed by atoms with Crippen LogP contribution in [0.2, 0.25) is 0 Å². The number of benzene rings is 1. The maximum atomic E-state index is 12.8. The number of fused-ring (bicyclic) bond motifs is 1. The van der Waals surface area contributed by atoms with Gasteiger partial charge in [0.05, 0.1) is 17.3 Å². The highest BCUT2D eigenvalue weighted by molar-refractivity contribution is 5.96. The van der Waals surface area contributed by atoms with Crippen LogP contribution in [0.3, 0.4) is 0 Å². The Morgan fingerprint density at radius 2 is 1.60 bits per heavy atom. The maximum Gasteiger partial charge on any atom is 0.413 e. The molecule has 0 radical (unpaired) electrons. The number of carbonyl (C=O) groups excluding carboxylic acids is 2. The average Bonchev–Trinajstić information content (AvgIpc) is 3.46. The highest BCUT2D eigenvalue weighted by Gasteiger charge is 2.30. The number of pyridine rings is 1. The van der Waals surface area contributed by atoms with E-state index in [4.69, 9.17) is 29.0 Å². The smallest absolute Gasteiger partial charge is 0.413 e. The Labute approximate surface area is 304 Å². The van der Waals surface area contributed by atoms with Crippen molar-refractivity contribution in [3.05, 3.63) is 54.4 Å². The lowest BCUT2D eigenvalue weighted by molar-refractivity contribution is 0.0203. The van der Waals surface area contributed by atoms with Gasteiger partial charge in [0.25, 0.3) is 0 Å². The van der Waals surface area contributed by atoms with Crippen LogP contribution < -0.4 is 15.0 Å². The van der Waals surface area contributed by atoms with Gasteiger partial charge in [-0.25, -0.2) is 9.59 Å². The number of ether oxygens (including phenoxy) is 4. The molecular weight excluding hydrogens is 664 g/mol. The average molecular weight is 715 g/mol. The van der Waals surface area contributed by atoms with Crippen LogP contribution >= 0.6 is 0 Å². The maximum absolute atomic E-state index is 12.8. The van der Waals surface area contributed by atoms with Crippen molar-refractivity contribution in [3.63, 3.8) is 0 Å². The number of rotatable bonds is 8. The normalized spacial score (nSPS) is 16.2. The van der Waals surface area contributed by atoms with E-state index in [-0.39, 0.29) is 24.8 Å². The molecule has 0 unspecified atom stereocenters.